The van der Waals surface area contributed by atoms with E-state index in [2.05, 4.69) is 52.9 Å². The maximum atomic E-state index is 11.6. The minimum atomic E-state index is -0.580. The van der Waals surface area contributed by atoms with Crippen LogP contribution in [0.2, 0.25) is 0 Å². The lowest BCUT2D eigenvalue weighted by atomic mass is 10.2. The number of carbonyl (C=O) groups excluding carboxylic acids is 5. The van der Waals surface area contributed by atoms with Gasteiger partial charge in [0.25, 0.3) is 0 Å². The summed E-state index contributed by atoms with van der Waals surface area (Å²) >= 11 is 11.2. The van der Waals surface area contributed by atoms with Gasteiger partial charge in [-0.3, -0.25) is 14.8 Å². The van der Waals surface area contributed by atoms with E-state index >= 15 is 0 Å². The molecule has 86 heavy (non-hydrogen) atoms. The van der Waals surface area contributed by atoms with Crippen LogP contribution in [0.25, 0.3) is 30.6 Å². The van der Waals surface area contributed by atoms with Crippen LogP contribution in [0.3, 0.4) is 0 Å². The van der Waals surface area contributed by atoms with Crippen molar-refractivity contribution >= 4 is 153 Å². The molecule has 0 unspecified atom stereocenters. The average molecular weight is 1320 g/mol. The van der Waals surface area contributed by atoms with Gasteiger partial charge < -0.3 is 60.0 Å². The molecule has 0 aliphatic carbocycles. The number of methoxy groups -OCH3 is 3. The predicted molar refractivity (Wildman–Crippen MR) is 349 cm³/mol. The third-order valence-electron chi connectivity index (χ3n) is 10.6. The number of thiazole rings is 3. The number of thiol groups is 1. The fourth-order valence-corrected chi connectivity index (χ4v) is 11.9. The van der Waals surface area contributed by atoms with Gasteiger partial charge in [-0.1, -0.05) is 7.43 Å². The molecule has 6 N–H and O–H groups in total. The highest BCUT2D eigenvalue weighted by Gasteiger charge is 2.29. The lowest BCUT2D eigenvalue weighted by molar-refractivity contribution is -0.142. The number of aliphatic imine (C=N–C) groups is 2. The highest BCUT2D eigenvalue weighted by Crippen LogP contribution is 2.34. The monoisotopic (exact) mass is 1320 g/mol. The van der Waals surface area contributed by atoms with E-state index in [-0.39, 0.29) is 31.8 Å². The van der Waals surface area contributed by atoms with Gasteiger partial charge in [0.05, 0.1) is 71.8 Å². The molecule has 0 spiro atoms. The first-order valence-electron chi connectivity index (χ1n) is 26.2. The molecule has 2 aliphatic rings. The van der Waals surface area contributed by atoms with Crippen LogP contribution >= 0.6 is 82.6 Å². The number of benzene rings is 3. The van der Waals surface area contributed by atoms with Crippen molar-refractivity contribution in [3.63, 3.8) is 0 Å². The SMILES string of the molecule is C.CC(C)(C)OC(=O)NCCCOc1ccc2nc(C#N)sc2c1.COC(=O)[C@H](N)CS.COC(=O)[C@H]1CSC(c2nc3ccc(OCCCN)cc3s2)=N1.COC(=O)[C@H]1CSC(c2nc3ccc(OCCCNC(=O)OC(C)(C)C)cc3s2)=N1.Cl. The molecule has 6 aromatic rings. The first-order chi connectivity index (χ1) is 40.0. The molecule has 3 aromatic carbocycles. The fourth-order valence-electron chi connectivity index (χ4n) is 6.74. The van der Waals surface area contributed by atoms with Crippen molar-refractivity contribution in [1.82, 2.24) is 25.6 Å². The van der Waals surface area contributed by atoms with Crippen LogP contribution < -0.4 is 36.3 Å². The summed E-state index contributed by atoms with van der Waals surface area (Å²) in [6.45, 7) is 14.1. The topological polar surface area (TPSA) is 322 Å². The maximum absolute atomic E-state index is 11.6. The Morgan fingerprint density at radius 1 is 0.651 bits per heavy atom. The number of esters is 3. The molecule has 0 saturated heterocycles. The Bertz CT molecular complexity index is 3290. The number of fused-ring (bicyclic) bond motifs is 3. The Morgan fingerprint density at radius 3 is 1.40 bits per heavy atom. The zero-order valence-corrected chi connectivity index (χ0v) is 54.2. The Balaban J connectivity index is 0.000000317. The van der Waals surface area contributed by atoms with Gasteiger partial charge in [0.2, 0.25) is 0 Å². The normalized spacial score (nSPS) is 14.5. The van der Waals surface area contributed by atoms with Crippen LogP contribution in [-0.4, -0.2) is 163 Å². The first kappa shape index (κ1) is 74.0. The summed E-state index contributed by atoms with van der Waals surface area (Å²) < 4.78 is 44.1. The highest BCUT2D eigenvalue weighted by molar-refractivity contribution is 8.15. The third-order valence-corrected chi connectivity index (χ3v) is 16.4. The number of alkyl carbamates (subject to hydrolysis) is 2. The molecule has 30 heteroatoms. The quantitative estimate of drug-likeness (QED) is 0.0205. The standard InChI is InChI=1S/C20H25N3O5S2.C16H19N3O3S.C15H17N3O3S2.C4H9NO2S.CH4.ClH/c1-20(2,3)28-19(25)21-8-5-9-27-12-6-7-13-15(10-12)30-17(22-13)16-23-14(11-29-16)18(24)26-4;1-16(2,3)22-15(20)18-7-4-8-21-11-5-6-12-13(9-11)23-14(10-17)19-12;1-20-15(19)11-8-22-13(18-11)14-17-10-4-3-9(7-12(10)23-14)21-6-2-5-16;1-7-4(6)3(5)2-8;;/h6-7,10,14H,5,8-9,11H2,1-4H3,(H,21,25);5-6,9H,4,7-8H2,1-3H3,(H,18,20);3-4,7,11H,2,5-6,8,16H2,1H3;3,8H,2,5H2,1H3;1H4;1H/t14-;;11-;3-;;/m1.11../s1. The number of nitrogens with one attached hydrogen (secondary N) is 2. The number of ether oxygens (including phenoxy) is 8. The summed E-state index contributed by atoms with van der Waals surface area (Å²) in [4.78, 5) is 78.8. The molecule has 0 saturated carbocycles. The number of carbonyl (C=O) groups is 5. The highest BCUT2D eigenvalue weighted by atomic mass is 35.5. The fraction of sp³-hybridized carbons (Fsp3) is 0.482. The van der Waals surface area contributed by atoms with Gasteiger partial charge in [-0.2, -0.15) is 17.9 Å². The molecule has 5 heterocycles. The summed E-state index contributed by atoms with van der Waals surface area (Å²) in [5.41, 5.74) is 12.2. The van der Waals surface area contributed by atoms with Crippen LogP contribution in [0.5, 0.6) is 17.2 Å². The summed E-state index contributed by atoms with van der Waals surface area (Å²) in [5, 5.41) is 17.9. The summed E-state index contributed by atoms with van der Waals surface area (Å²) in [6.07, 6.45) is 1.31. The van der Waals surface area contributed by atoms with Gasteiger partial charge in [-0.15, -0.1) is 69.9 Å². The predicted octanol–water partition coefficient (Wildman–Crippen LogP) is 9.62. The second-order valence-electron chi connectivity index (χ2n) is 19.7. The largest absolute Gasteiger partial charge is 0.493 e. The molecule has 0 fully saturated rings. The Hall–Kier alpha value is -6.23. The third kappa shape index (κ3) is 24.9. The molecule has 23 nitrogen and oxygen atoms in total. The van der Waals surface area contributed by atoms with E-state index in [0.717, 1.165) is 74.4 Å². The zero-order chi connectivity index (χ0) is 61.4. The van der Waals surface area contributed by atoms with Gasteiger partial charge in [-0.25, -0.2) is 34.1 Å². The number of thioether (sulfide) groups is 2. The van der Waals surface area contributed by atoms with E-state index in [9.17, 15) is 24.0 Å². The molecule has 3 aromatic heterocycles. The van der Waals surface area contributed by atoms with E-state index in [0.29, 0.717) is 74.6 Å². The molecule has 2 amide bonds. The molecule has 0 bridgehead atoms. The van der Waals surface area contributed by atoms with Gasteiger partial charge in [-0.05, 0) is 122 Å². The zero-order valence-electron chi connectivity index (χ0n) is 48.5. The molecule has 470 valence electrons. The van der Waals surface area contributed by atoms with Crippen LogP contribution in [0.4, 0.5) is 9.59 Å². The Kier molecular flexibility index (Phi) is 31.7. The molecule has 3 atom stereocenters. The van der Waals surface area contributed by atoms with Gasteiger partial charge in [0.1, 0.15) is 60.7 Å². The molecular weight excluding hydrogens is 1250 g/mol. The molecular formula is C56H75ClN10O13S6. The van der Waals surface area contributed by atoms with Crippen LogP contribution in [0.15, 0.2) is 64.6 Å². The minimum absolute atomic E-state index is 0. The number of amides is 2. The molecule has 0 radical (unpaired) electrons. The number of aromatic nitrogens is 3. The van der Waals surface area contributed by atoms with Crippen LogP contribution in [0, 0.1) is 11.3 Å². The van der Waals surface area contributed by atoms with Gasteiger partial charge in [0.15, 0.2) is 17.1 Å². The van der Waals surface area contributed by atoms with Crippen molar-refractivity contribution < 1.29 is 61.9 Å². The van der Waals surface area contributed by atoms with Crippen LogP contribution in [0.1, 0.15) is 83.3 Å². The summed E-state index contributed by atoms with van der Waals surface area (Å²) in [7, 11) is 4.05. The second kappa shape index (κ2) is 36.8. The van der Waals surface area contributed by atoms with Gasteiger partial charge >= 0.3 is 30.1 Å². The second-order valence-corrected chi connectivity index (χ2v) is 25.2. The molecule has 8 rings (SSSR count). The van der Waals surface area contributed by atoms with Crippen molar-refractivity contribution in [3.8, 4) is 23.3 Å². The summed E-state index contributed by atoms with van der Waals surface area (Å²) in [5.74, 6) is 2.74. The van der Waals surface area contributed by atoms with E-state index in [4.69, 9.17) is 49.9 Å². The maximum Gasteiger partial charge on any atom is 0.407 e. The molecule has 2 aliphatic heterocycles. The lowest BCUT2D eigenvalue weighted by Crippen LogP contribution is -2.33. The first-order valence-corrected chi connectivity index (χ1v) is 31.3. The smallest absolute Gasteiger partial charge is 0.407 e. The number of hydrogen-bond donors (Lipinski definition) is 5. The average Bonchev–Trinajstić information content (AvgIpc) is 2.27. The van der Waals surface area contributed by atoms with Crippen molar-refractivity contribution in [2.24, 2.45) is 21.5 Å². The number of rotatable bonds is 20. The number of hydrogen-bond acceptors (Lipinski definition) is 27. The number of nitriles is 1. The minimum Gasteiger partial charge on any atom is -0.493 e. The Labute approximate surface area is 532 Å². The number of halogens is 1. The van der Waals surface area contributed by atoms with Crippen molar-refractivity contribution in [2.75, 3.05) is 78.0 Å². The van der Waals surface area contributed by atoms with Crippen molar-refractivity contribution in [2.45, 2.75) is 97.6 Å². The Morgan fingerprint density at radius 2 is 1.05 bits per heavy atom. The van der Waals surface area contributed by atoms with E-state index in [1.807, 2.05) is 102 Å². The van der Waals surface area contributed by atoms with E-state index in [1.54, 1.807) is 11.3 Å². The van der Waals surface area contributed by atoms with Gasteiger partial charge in [0, 0.05) is 30.3 Å². The van der Waals surface area contributed by atoms with Crippen molar-refractivity contribution in [3.05, 3.63) is 69.6 Å². The van der Waals surface area contributed by atoms with E-state index < -0.39 is 47.5 Å². The van der Waals surface area contributed by atoms with E-state index in [1.165, 1.54) is 67.5 Å². The van der Waals surface area contributed by atoms with Crippen molar-refractivity contribution in [1.29, 1.82) is 5.26 Å². The number of nitrogens with two attached hydrogens (primary N) is 2. The number of nitrogens with zero attached hydrogens (tertiary/aromatic N) is 6. The summed E-state index contributed by atoms with van der Waals surface area (Å²) in [6, 6.07) is 17.6. The van der Waals surface area contributed by atoms with Crippen LogP contribution in [-0.2, 0) is 38.1 Å². The lowest BCUT2D eigenvalue weighted by Gasteiger charge is -2.19.